The zero-order chi connectivity index (χ0) is 18.0. The average Bonchev–Trinajstić information content (AvgIpc) is 2.81. The second kappa shape index (κ2) is 7.44. The number of carbonyl (C=O) groups is 1. The third-order valence-corrected chi connectivity index (χ3v) is 5.21. The lowest BCUT2D eigenvalue weighted by atomic mass is 10.0. The standard InChI is InChI=1S/C21H22BrNO2/c1-14-6-11-20-19(12-14)18(4-3-5-21(24)25)15(2)23(20)13-16-7-9-17(22)10-8-16/h6-12H,3-5,13H2,1-2H3,(H,24,25). The second-order valence-corrected chi connectivity index (χ2v) is 7.46. The Morgan fingerprint density at radius 1 is 1.12 bits per heavy atom. The van der Waals surface area contributed by atoms with Crippen molar-refractivity contribution in [3.05, 3.63) is 69.3 Å². The van der Waals surface area contributed by atoms with E-state index in [4.69, 9.17) is 5.11 Å². The number of hydrogen-bond acceptors (Lipinski definition) is 1. The predicted molar refractivity (Wildman–Crippen MR) is 105 cm³/mol. The number of carboxylic acids is 1. The molecule has 0 amide bonds. The number of carboxylic acid groups (broad SMARTS) is 1. The first kappa shape index (κ1) is 17.7. The summed E-state index contributed by atoms with van der Waals surface area (Å²) < 4.78 is 3.42. The monoisotopic (exact) mass is 399 g/mol. The van der Waals surface area contributed by atoms with Crippen molar-refractivity contribution in [1.29, 1.82) is 0 Å². The fraction of sp³-hybridized carbons (Fsp3) is 0.286. The van der Waals surface area contributed by atoms with Gasteiger partial charge in [0.05, 0.1) is 0 Å². The molecule has 0 aliphatic heterocycles. The molecule has 1 aromatic heterocycles. The number of fused-ring (bicyclic) bond motifs is 1. The molecule has 0 bridgehead atoms. The summed E-state index contributed by atoms with van der Waals surface area (Å²) in [6, 6.07) is 14.9. The molecule has 1 N–H and O–H groups in total. The summed E-state index contributed by atoms with van der Waals surface area (Å²) in [5.74, 6) is -0.729. The van der Waals surface area contributed by atoms with E-state index in [9.17, 15) is 4.79 Å². The smallest absolute Gasteiger partial charge is 0.303 e. The molecule has 0 fully saturated rings. The predicted octanol–water partition coefficient (Wildman–Crippen LogP) is 5.48. The number of halogens is 1. The van der Waals surface area contributed by atoms with Crippen molar-refractivity contribution in [2.45, 2.75) is 39.7 Å². The Labute approximate surface area is 156 Å². The zero-order valence-corrected chi connectivity index (χ0v) is 16.1. The molecule has 2 aromatic carbocycles. The van der Waals surface area contributed by atoms with Crippen molar-refractivity contribution in [2.75, 3.05) is 0 Å². The number of hydrogen-bond donors (Lipinski definition) is 1. The highest BCUT2D eigenvalue weighted by Gasteiger charge is 2.14. The maximum Gasteiger partial charge on any atom is 0.303 e. The Balaban J connectivity index is 2.00. The van der Waals surface area contributed by atoms with E-state index < -0.39 is 5.97 Å². The summed E-state index contributed by atoms with van der Waals surface area (Å²) in [5, 5.41) is 10.2. The maximum absolute atomic E-state index is 10.9. The van der Waals surface area contributed by atoms with Crippen molar-refractivity contribution >= 4 is 32.8 Å². The molecule has 25 heavy (non-hydrogen) atoms. The molecule has 0 aliphatic rings. The Morgan fingerprint density at radius 2 is 1.84 bits per heavy atom. The molecule has 130 valence electrons. The van der Waals surface area contributed by atoms with Crippen LogP contribution in [-0.2, 0) is 17.8 Å². The molecule has 0 spiro atoms. The molecule has 0 unspecified atom stereocenters. The van der Waals surface area contributed by atoms with Gasteiger partial charge in [-0.2, -0.15) is 0 Å². The minimum absolute atomic E-state index is 0.213. The topological polar surface area (TPSA) is 42.2 Å². The Morgan fingerprint density at radius 3 is 2.52 bits per heavy atom. The number of aryl methyl sites for hydroxylation is 2. The highest BCUT2D eigenvalue weighted by Crippen LogP contribution is 2.29. The van der Waals surface area contributed by atoms with E-state index >= 15 is 0 Å². The van der Waals surface area contributed by atoms with E-state index in [0.29, 0.717) is 6.42 Å². The van der Waals surface area contributed by atoms with Crippen LogP contribution >= 0.6 is 15.9 Å². The first-order valence-electron chi connectivity index (χ1n) is 8.50. The van der Waals surface area contributed by atoms with Crippen LogP contribution in [0.4, 0.5) is 0 Å². The van der Waals surface area contributed by atoms with Crippen LogP contribution in [0.1, 0.15) is 35.2 Å². The van der Waals surface area contributed by atoms with Crippen LogP contribution in [0.5, 0.6) is 0 Å². The summed E-state index contributed by atoms with van der Waals surface area (Å²) in [7, 11) is 0. The van der Waals surface area contributed by atoms with Gasteiger partial charge in [0.15, 0.2) is 0 Å². The molecule has 1 heterocycles. The van der Waals surface area contributed by atoms with E-state index in [1.807, 2.05) is 0 Å². The molecule has 4 heteroatoms. The van der Waals surface area contributed by atoms with Crippen molar-refractivity contribution in [3.8, 4) is 0 Å². The van der Waals surface area contributed by atoms with Crippen molar-refractivity contribution < 1.29 is 9.90 Å². The fourth-order valence-corrected chi connectivity index (χ4v) is 3.64. The number of benzene rings is 2. The van der Waals surface area contributed by atoms with E-state index in [-0.39, 0.29) is 6.42 Å². The molecule has 0 radical (unpaired) electrons. The summed E-state index contributed by atoms with van der Waals surface area (Å²) in [4.78, 5) is 10.9. The zero-order valence-electron chi connectivity index (χ0n) is 14.6. The number of nitrogens with zero attached hydrogens (tertiary/aromatic N) is 1. The normalized spacial score (nSPS) is 11.2. The summed E-state index contributed by atoms with van der Waals surface area (Å²) in [6.07, 6.45) is 1.68. The third kappa shape index (κ3) is 3.96. The Bertz CT molecular complexity index is 910. The van der Waals surface area contributed by atoms with Gasteiger partial charge in [0.25, 0.3) is 0 Å². The van der Waals surface area contributed by atoms with Crippen molar-refractivity contribution in [2.24, 2.45) is 0 Å². The molecule has 0 saturated carbocycles. The van der Waals surface area contributed by atoms with Crippen LogP contribution in [0.2, 0.25) is 0 Å². The van der Waals surface area contributed by atoms with E-state index in [0.717, 1.165) is 17.4 Å². The number of aromatic nitrogens is 1. The van der Waals surface area contributed by atoms with Crippen molar-refractivity contribution in [3.63, 3.8) is 0 Å². The first-order chi connectivity index (χ1) is 12.0. The molecule has 3 nitrogen and oxygen atoms in total. The highest BCUT2D eigenvalue weighted by molar-refractivity contribution is 9.10. The van der Waals surface area contributed by atoms with Crippen LogP contribution in [-0.4, -0.2) is 15.6 Å². The quantitative estimate of drug-likeness (QED) is 0.596. The van der Waals surface area contributed by atoms with Gasteiger partial charge in [0, 0.05) is 34.0 Å². The second-order valence-electron chi connectivity index (χ2n) is 6.54. The van der Waals surface area contributed by atoms with Crippen LogP contribution < -0.4 is 0 Å². The molecule has 3 aromatic rings. The molecular formula is C21H22BrNO2. The van der Waals surface area contributed by atoms with Crippen molar-refractivity contribution in [1.82, 2.24) is 4.57 Å². The van der Waals surface area contributed by atoms with Gasteiger partial charge in [0.2, 0.25) is 0 Å². The Kier molecular flexibility index (Phi) is 5.28. The lowest BCUT2D eigenvalue weighted by Gasteiger charge is -2.09. The molecule has 0 aliphatic carbocycles. The summed E-state index contributed by atoms with van der Waals surface area (Å²) in [6.45, 7) is 5.06. The molecule has 3 rings (SSSR count). The molecule has 0 saturated heterocycles. The van der Waals surface area contributed by atoms with E-state index in [1.54, 1.807) is 0 Å². The minimum Gasteiger partial charge on any atom is -0.481 e. The SMILES string of the molecule is Cc1ccc2c(c1)c(CCCC(=O)O)c(C)n2Cc1ccc(Br)cc1. The van der Waals surface area contributed by atoms with E-state index in [1.165, 1.54) is 33.3 Å². The third-order valence-electron chi connectivity index (χ3n) is 4.68. The summed E-state index contributed by atoms with van der Waals surface area (Å²) in [5.41, 5.74) is 6.20. The van der Waals surface area contributed by atoms with Gasteiger partial charge in [-0.3, -0.25) is 4.79 Å². The maximum atomic E-state index is 10.9. The van der Waals surface area contributed by atoms with Gasteiger partial charge in [0.1, 0.15) is 0 Å². The minimum atomic E-state index is -0.729. The highest BCUT2D eigenvalue weighted by atomic mass is 79.9. The Hall–Kier alpha value is -2.07. The van der Waals surface area contributed by atoms with Gasteiger partial charge >= 0.3 is 5.97 Å². The van der Waals surface area contributed by atoms with Crippen LogP contribution in [0, 0.1) is 13.8 Å². The number of rotatable bonds is 6. The lowest BCUT2D eigenvalue weighted by Crippen LogP contribution is -2.03. The molecule has 0 atom stereocenters. The van der Waals surface area contributed by atoms with Crippen LogP contribution in [0.25, 0.3) is 10.9 Å². The average molecular weight is 400 g/mol. The van der Waals surface area contributed by atoms with Gasteiger partial charge < -0.3 is 9.67 Å². The fourth-order valence-electron chi connectivity index (χ4n) is 3.37. The largest absolute Gasteiger partial charge is 0.481 e. The molecular weight excluding hydrogens is 378 g/mol. The van der Waals surface area contributed by atoms with Gasteiger partial charge in [-0.25, -0.2) is 0 Å². The lowest BCUT2D eigenvalue weighted by molar-refractivity contribution is -0.137. The first-order valence-corrected chi connectivity index (χ1v) is 9.29. The van der Waals surface area contributed by atoms with Crippen LogP contribution in [0.15, 0.2) is 46.9 Å². The van der Waals surface area contributed by atoms with Gasteiger partial charge in [-0.05, 0) is 62.1 Å². The van der Waals surface area contributed by atoms with Gasteiger partial charge in [-0.15, -0.1) is 0 Å². The van der Waals surface area contributed by atoms with Gasteiger partial charge in [-0.1, -0.05) is 39.7 Å². The number of aliphatic carboxylic acids is 1. The van der Waals surface area contributed by atoms with E-state index in [2.05, 4.69) is 76.8 Å². The summed E-state index contributed by atoms with van der Waals surface area (Å²) >= 11 is 3.48. The van der Waals surface area contributed by atoms with Crippen LogP contribution in [0.3, 0.4) is 0 Å².